The Bertz CT molecular complexity index is 598. The van der Waals surface area contributed by atoms with E-state index >= 15 is 0 Å². The number of piperidine rings is 1. The van der Waals surface area contributed by atoms with Gasteiger partial charge in [0.05, 0.1) is 7.11 Å². The Kier molecular flexibility index (Phi) is 4.69. The van der Waals surface area contributed by atoms with Gasteiger partial charge in [0.2, 0.25) is 6.08 Å². The van der Waals surface area contributed by atoms with Gasteiger partial charge < -0.3 is 14.4 Å². The van der Waals surface area contributed by atoms with Gasteiger partial charge in [0.15, 0.2) is 11.5 Å². The highest BCUT2D eigenvalue weighted by Crippen LogP contribution is 2.50. The highest BCUT2D eigenvalue weighted by Gasteiger charge is 2.42. The maximum atomic E-state index is 10.9. The minimum Gasteiger partial charge on any atom is -0.493 e. The van der Waals surface area contributed by atoms with Crippen molar-refractivity contribution in [2.75, 3.05) is 27.2 Å². The average molecular weight is 316 g/mol. The van der Waals surface area contributed by atoms with E-state index in [-0.39, 0.29) is 6.10 Å². The lowest BCUT2D eigenvalue weighted by atomic mass is 9.72. The van der Waals surface area contributed by atoms with Crippen molar-refractivity contribution >= 4 is 6.08 Å². The van der Waals surface area contributed by atoms with E-state index in [0.717, 1.165) is 56.5 Å². The van der Waals surface area contributed by atoms with E-state index in [2.05, 4.69) is 16.9 Å². The molecule has 1 aliphatic heterocycles. The smallest absolute Gasteiger partial charge is 0.235 e. The second-order valence-electron chi connectivity index (χ2n) is 6.55. The van der Waals surface area contributed by atoms with Crippen molar-refractivity contribution in [3.8, 4) is 11.5 Å². The summed E-state index contributed by atoms with van der Waals surface area (Å²) in [6.45, 7) is 2.07. The monoisotopic (exact) mass is 316 g/mol. The van der Waals surface area contributed by atoms with E-state index < -0.39 is 5.54 Å². The van der Waals surface area contributed by atoms with Crippen LogP contribution >= 0.6 is 0 Å². The fourth-order valence-corrected chi connectivity index (χ4v) is 3.47. The molecule has 1 heterocycles. The molecule has 5 heteroatoms. The minimum atomic E-state index is -0.475. The first-order chi connectivity index (χ1) is 11.2. The molecule has 0 spiro atoms. The zero-order chi connectivity index (χ0) is 16.3. The Morgan fingerprint density at radius 2 is 2.04 bits per heavy atom. The van der Waals surface area contributed by atoms with Crippen molar-refractivity contribution in [1.29, 1.82) is 0 Å². The lowest BCUT2D eigenvalue weighted by Gasteiger charge is -2.39. The number of aliphatic imine (C=N–C) groups is 1. The van der Waals surface area contributed by atoms with Crippen molar-refractivity contribution in [2.45, 2.75) is 43.7 Å². The first kappa shape index (κ1) is 16.0. The number of nitrogens with zero attached hydrogens (tertiary/aromatic N) is 2. The van der Waals surface area contributed by atoms with Gasteiger partial charge in [-0.1, -0.05) is 12.1 Å². The third-order valence-corrected chi connectivity index (χ3v) is 5.09. The third-order valence-electron chi connectivity index (χ3n) is 5.09. The summed E-state index contributed by atoms with van der Waals surface area (Å²) in [7, 11) is 3.78. The molecule has 1 aromatic rings. The Labute approximate surface area is 137 Å². The van der Waals surface area contributed by atoms with E-state index in [9.17, 15) is 4.79 Å². The molecule has 0 bridgehead atoms. The van der Waals surface area contributed by atoms with Crippen molar-refractivity contribution in [2.24, 2.45) is 4.99 Å². The predicted octanol–water partition coefficient (Wildman–Crippen LogP) is 2.88. The number of rotatable bonds is 5. The highest BCUT2D eigenvalue weighted by molar-refractivity contribution is 5.52. The number of isocyanates is 1. The number of methoxy groups -OCH3 is 1. The number of ether oxygens (including phenoxy) is 2. The van der Waals surface area contributed by atoms with Gasteiger partial charge in [0.25, 0.3) is 0 Å². The summed E-state index contributed by atoms with van der Waals surface area (Å²) in [6, 6.07) is 5.85. The fourth-order valence-electron chi connectivity index (χ4n) is 3.47. The molecule has 2 fully saturated rings. The second kappa shape index (κ2) is 6.73. The van der Waals surface area contributed by atoms with Crippen molar-refractivity contribution in [3.63, 3.8) is 0 Å². The molecule has 0 radical (unpaired) electrons. The van der Waals surface area contributed by atoms with E-state index in [1.54, 1.807) is 13.2 Å². The van der Waals surface area contributed by atoms with Gasteiger partial charge in [-0.3, -0.25) is 0 Å². The molecular formula is C18H24N2O3. The van der Waals surface area contributed by atoms with Gasteiger partial charge in [0.1, 0.15) is 11.6 Å². The second-order valence-corrected chi connectivity index (χ2v) is 6.55. The summed E-state index contributed by atoms with van der Waals surface area (Å²) >= 11 is 0. The van der Waals surface area contributed by atoms with Crippen LogP contribution < -0.4 is 9.47 Å². The van der Waals surface area contributed by atoms with Gasteiger partial charge in [-0.15, -0.1) is 0 Å². The molecule has 124 valence electrons. The van der Waals surface area contributed by atoms with Gasteiger partial charge in [-0.2, -0.15) is 4.99 Å². The molecule has 1 aliphatic carbocycles. The number of hydrogen-bond donors (Lipinski definition) is 0. The van der Waals surface area contributed by atoms with Crippen LogP contribution in [0.3, 0.4) is 0 Å². The van der Waals surface area contributed by atoms with E-state index in [1.807, 2.05) is 18.2 Å². The van der Waals surface area contributed by atoms with Crippen molar-refractivity contribution < 1.29 is 14.3 Å². The molecule has 23 heavy (non-hydrogen) atoms. The van der Waals surface area contributed by atoms with E-state index in [1.165, 1.54) is 0 Å². The third kappa shape index (κ3) is 3.12. The van der Waals surface area contributed by atoms with Crippen LogP contribution in [0.25, 0.3) is 0 Å². The van der Waals surface area contributed by atoms with Crippen LogP contribution in [0.1, 0.15) is 37.7 Å². The van der Waals surface area contributed by atoms with Crippen LogP contribution in [0.4, 0.5) is 0 Å². The normalized spacial score (nSPS) is 21.1. The summed E-state index contributed by atoms with van der Waals surface area (Å²) in [6.07, 6.45) is 6.72. The molecule has 0 N–H and O–H groups in total. The van der Waals surface area contributed by atoms with Crippen LogP contribution in [0.5, 0.6) is 11.5 Å². The van der Waals surface area contributed by atoms with E-state index in [4.69, 9.17) is 9.47 Å². The number of para-hydroxylation sites is 1. The molecule has 0 unspecified atom stereocenters. The van der Waals surface area contributed by atoms with Gasteiger partial charge >= 0.3 is 0 Å². The lowest BCUT2D eigenvalue weighted by Crippen LogP contribution is -2.37. The first-order valence-corrected chi connectivity index (χ1v) is 8.30. The molecule has 5 nitrogen and oxygen atoms in total. The highest BCUT2D eigenvalue weighted by atomic mass is 16.5. The summed E-state index contributed by atoms with van der Waals surface area (Å²) in [5, 5.41) is 0. The van der Waals surface area contributed by atoms with Crippen molar-refractivity contribution in [1.82, 2.24) is 4.90 Å². The quantitative estimate of drug-likeness (QED) is 0.619. The Morgan fingerprint density at radius 3 is 2.61 bits per heavy atom. The standard InChI is InChI=1S/C18H24N2O3/c1-20-11-7-14(8-12-20)23-17-15(5-3-6-16(17)22-2)18(19-13-21)9-4-10-18/h3,5-6,14H,4,7-12H2,1-2H3. The van der Waals surface area contributed by atoms with Gasteiger partial charge in [0, 0.05) is 18.7 Å². The van der Waals surface area contributed by atoms with Crippen LogP contribution in [0.15, 0.2) is 23.2 Å². The van der Waals surface area contributed by atoms with Crippen LogP contribution in [-0.2, 0) is 10.3 Å². The maximum absolute atomic E-state index is 10.9. The molecular weight excluding hydrogens is 292 g/mol. The number of carbonyl (C=O) groups excluding carboxylic acids is 1. The van der Waals surface area contributed by atoms with Gasteiger partial charge in [-0.25, -0.2) is 4.79 Å². The summed E-state index contributed by atoms with van der Waals surface area (Å²) in [5.74, 6) is 1.47. The van der Waals surface area contributed by atoms with Gasteiger partial charge in [-0.05, 0) is 45.2 Å². The number of benzene rings is 1. The van der Waals surface area contributed by atoms with E-state index in [0.29, 0.717) is 5.75 Å². The predicted molar refractivity (Wildman–Crippen MR) is 87.8 cm³/mol. The van der Waals surface area contributed by atoms with Crippen molar-refractivity contribution in [3.05, 3.63) is 23.8 Å². The summed E-state index contributed by atoms with van der Waals surface area (Å²) in [5.41, 5.74) is 0.488. The Hall–Kier alpha value is -1.84. The SMILES string of the molecule is COc1cccc(C2(N=C=O)CCC2)c1OC1CCN(C)CC1. The fraction of sp³-hybridized carbons (Fsp3) is 0.611. The topological polar surface area (TPSA) is 51.1 Å². The Balaban J connectivity index is 1.92. The molecule has 0 amide bonds. The van der Waals surface area contributed by atoms with Crippen LogP contribution in [0.2, 0.25) is 0 Å². The molecule has 1 aromatic carbocycles. The lowest BCUT2D eigenvalue weighted by molar-refractivity contribution is 0.106. The van der Waals surface area contributed by atoms with Crippen LogP contribution in [-0.4, -0.2) is 44.3 Å². The molecule has 2 aliphatic rings. The zero-order valence-corrected chi connectivity index (χ0v) is 13.9. The molecule has 0 aromatic heterocycles. The largest absolute Gasteiger partial charge is 0.493 e. The summed E-state index contributed by atoms with van der Waals surface area (Å²) in [4.78, 5) is 17.3. The Morgan fingerprint density at radius 1 is 1.30 bits per heavy atom. The van der Waals surface area contributed by atoms with Crippen LogP contribution in [0, 0.1) is 0 Å². The molecule has 3 rings (SSSR count). The first-order valence-electron chi connectivity index (χ1n) is 8.30. The average Bonchev–Trinajstić information content (AvgIpc) is 2.53. The minimum absolute atomic E-state index is 0.179. The molecule has 1 saturated carbocycles. The number of likely N-dealkylation sites (tertiary alicyclic amines) is 1. The molecule has 0 atom stereocenters. The zero-order valence-electron chi connectivity index (χ0n) is 13.9. The summed E-state index contributed by atoms with van der Waals surface area (Å²) < 4.78 is 11.9. The molecule has 1 saturated heterocycles. The maximum Gasteiger partial charge on any atom is 0.235 e. The number of hydrogen-bond acceptors (Lipinski definition) is 5.